The van der Waals surface area contributed by atoms with E-state index in [0.717, 1.165) is 43.3 Å². The summed E-state index contributed by atoms with van der Waals surface area (Å²) in [6, 6.07) is 27.9. The van der Waals surface area contributed by atoms with E-state index in [4.69, 9.17) is 9.73 Å². The molecular weight excluding hydrogens is 374 g/mol. The molecule has 0 unspecified atom stereocenters. The zero-order valence-corrected chi connectivity index (χ0v) is 17.1. The van der Waals surface area contributed by atoms with Gasteiger partial charge in [-0.2, -0.15) is 0 Å². The SMILES string of the molecule is COC(=O)c1ccc(C(=Nc2ccccc2)N2CCN(c3ccccc3)CC2)cc1. The summed E-state index contributed by atoms with van der Waals surface area (Å²) in [7, 11) is 1.39. The number of carbonyl (C=O) groups is 1. The van der Waals surface area contributed by atoms with Crippen molar-refractivity contribution >= 4 is 23.2 Å². The highest BCUT2D eigenvalue weighted by atomic mass is 16.5. The molecule has 0 bridgehead atoms. The van der Waals surface area contributed by atoms with E-state index in [1.54, 1.807) is 12.1 Å². The molecule has 5 heteroatoms. The van der Waals surface area contributed by atoms with Gasteiger partial charge in [-0.25, -0.2) is 9.79 Å². The number of piperazine rings is 1. The standard InChI is InChI=1S/C25H25N3O2/c1-30-25(29)21-14-12-20(13-15-21)24(26-22-8-4-2-5-9-22)28-18-16-27(17-19-28)23-10-6-3-7-11-23/h2-15H,16-19H2,1H3. The fourth-order valence-electron chi connectivity index (χ4n) is 3.63. The number of aliphatic imine (C=N–C) groups is 1. The van der Waals surface area contributed by atoms with Crippen LogP contribution in [0.3, 0.4) is 0 Å². The van der Waals surface area contributed by atoms with Crippen LogP contribution < -0.4 is 4.90 Å². The second kappa shape index (κ2) is 9.27. The molecular formula is C25H25N3O2. The smallest absolute Gasteiger partial charge is 0.337 e. The number of methoxy groups -OCH3 is 1. The van der Waals surface area contributed by atoms with Gasteiger partial charge in [0, 0.05) is 37.4 Å². The predicted octanol–water partition coefficient (Wildman–Crippen LogP) is 4.37. The molecule has 3 aromatic carbocycles. The second-order valence-electron chi connectivity index (χ2n) is 7.15. The van der Waals surface area contributed by atoms with Crippen molar-refractivity contribution in [2.45, 2.75) is 0 Å². The molecule has 1 fully saturated rings. The van der Waals surface area contributed by atoms with Crippen molar-refractivity contribution in [2.24, 2.45) is 4.99 Å². The van der Waals surface area contributed by atoms with E-state index < -0.39 is 0 Å². The number of carbonyl (C=O) groups excluding carboxylic acids is 1. The minimum atomic E-state index is -0.334. The third kappa shape index (κ3) is 4.51. The van der Waals surface area contributed by atoms with Crippen molar-refractivity contribution < 1.29 is 9.53 Å². The normalized spacial score (nSPS) is 14.5. The zero-order chi connectivity index (χ0) is 20.8. The molecule has 0 amide bonds. The quantitative estimate of drug-likeness (QED) is 0.371. The maximum Gasteiger partial charge on any atom is 0.337 e. The van der Waals surface area contributed by atoms with E-state index in [0.29, 0.717) is 5.56 Å². The van der Waals surface area contributed by atoms with Crippen LogP contribution >= 0.6 is 0 Å². The van der Waals surface area contributed by atoms with Crippen LogP contribution in [0.2, 0.25) is 0 Å². The molecule has 1 aliphatic heterocycles. The van der Waals surface area contributed by atoms with Crippen LogP contribution in [-0.4, -0.2) is 50.0 Å². The van der Waals surface area contributed by atoms with E-state index in [-0.39, 0.29) is 5.97 Å². The second-order valence-corrected chi connectivity index (χ2v) is 7.15. The van der Waals surface area contributed by atoms with Crippen LogP contribution in [0.4, 0.5) is 11.4 Å². The zero-order valence-electron chi connectivity index (χ0n) is 17.1. The van der Waals surface area contributed by atoms with Gasteiger partial charge in [-0.1, -0.05) is 48.5 Å². The van der Waals surface area contributed by atoms with E-state index in [1.165, 1.54) is 12.8 Å². The van der Waals surface area contributed by atoms with Gasteiger partial charge in [-0.15, -0.1) is 0 Å². The molecule has 1 aliphatic rings. The Balaban J connectivity index is 1.59. The van der Waals surface area contributed by atoms with E-state index in [1.807, 2.05) is 48.5 Å². The van der Waals surface area contributed by atoms with E-state index >= 15 is 0 Å². The number of para-hydroxylation sites is 2. The highest BCUT2D eigenvalue weighted by molar-refractivity contribution is 6.01. The molecule has 0 atom stereocenters. The Hall–Kier alpha value is -3.60. The van der Waals surface area contributed by atoms with Gasteiger partial charge in [0.15, 0.2) is 0 Å². The maximum atomic E-state index is 11.8. The lowest BCUT2D eigenvalue weighted by Gasteiger charge is -2.38. The molecule has 0 radical (unpaired) electrons. The Labute approximate surface area is 177 Å². The number of benzene rings is 3. The van der Waals surface area contributed by atoms with Gasteiger partial charge in [0.05, 0.1) is 18.4 Å². The third-order valence-corrected chi connectivity index (χ3v) is 5.26. The summed E-state index contributed by atoms with van der Waals surface area (Å²) < 4.78 is 4.82. The molecule has 0 saturated carbocycles. The first-order chi connectivity index (χ1) is 14.7. The van der Waals surface area contributed by atoms with Gasteiger partial charge in [0.2, 0.25) is 0 Å². The van der Waals surface area contributed by atoms with Crippen LogP contribution in [0.25, 0.3) is 0 Å². The minimum absolute atomic E-state index is 0.334. The fourth-order valence-corrected chi connectivity index (χ4v) is 3.63. The molecule has 0 aliphatic carbocycles. The first-order valence-corrected chi connectivity index (χ1v) is 10.1. The lowest BCUT2D eigenvalue weighted by atomic mass is 10.1. The molecule has 3 aromatic rings. The van der Waals surface area contributed by atoms with Crippen molar-refractivity contribution in [3.05, 3.63) is 96.1 Å². The summed E-state index contributed by atoms with van der Waals surface area (Å²) in [5.41, 5.74) is 3.69. The Bertz CT molecular complexity index is 994. The summed E-state index contributed by atoms with van der Waals surface area (Å²) in [5.74, 6) is 0.588. The number of amidine groups is 1. The van der Waals surface area contributed by atoms with E-state index in [2.05, 4.69) is 34.1 Å². The van der Waals surface area contributed by atoms with Crippen LogP contribution in [0.5, 0.6) is 0 Å². The minimum Gasteiger partial charge on any atom is -0.465 e. The number of hydrogen-bond donors (Lipinski definition) is 0. The topological polar surface area (TPSA) is 45.1 Å². The van der Waals surface area contributed by atoms with Gasteiger partial charge in [0.25, 0.3) is 0 Å². The lowest BCUT2D eigenvalue weighted by Crippen LogP contribution is -2.49. The summed E-state index contributed by atoms with van der Waals surface area (Å²) in [6.45, 7) is 3.61. The Kier molecular flexibility index (Phi) is 6.09. The van der Waals surface area contributed by atoms with Gasteiger partial charge in [0.1, 0.15) is 5.84 Å². The molecule has 152 valence electrons. The molecule has 0 spiro atoms. The Morgan fingerprint density at radius 3 is 1.93 bits per heavy atom. The molecule has 0 aromatic heterocycles. The van der Waals surface area contributed by atoms with Crippen LogP contribution in [0, 0.1) is 0 Å². The van der Waals surface area contributed by atoms with Crippen molar-refractivity contribution in [2.75, 3.05) is 38.2 Å². The third-order valence-electron chi connectivity index (χ3n) is 5.26. The number of hydrogen-bond acceptors (Lipinski definition) is 4. The number of rotatable bonds is 4. The number of anilines is 1. The Morgan fingerprint density at radius 1 is 0.767 bits per heavy atom. The first kappa shape index (κ1) is 19.7. The van der Waals surface area contributed by atoms with Crippen LogP contribution in [-0.2, 0) is 4.74 Å². The average molecular weight is 399 g/mol. The molecule has 30 heavy (non-hydrogen) atoms. The average Bonchev–Trinajstić information content (AvgIpc) is 2.83. The highest BCUT2D eigenvalue weighted by Crippen LogP contribution is 2.20. The predicted molar refractivity (Wildman–Crippen MR) is 121 cm³/mol. The fraction of sp³-hybridized carbons (Fsp3) is 0.200. The van der Waals surface area contributed by atoms with Gasteiger partial charge < -0.3 is 14.5 Å². The first-order valence-electron chi connectivity index (χ1n) is 10.1. The molecule has 4 rings (SSSR count). The van der Waals surface area contributed by atoms with Gasteiger partial charge in [-0.3, -0.25) is 0 Å². The van der Waals surface area contributed by atoms with Crippen molar-refractivity contribution in [1.82, 2.24) is 4.90 Å². The van der Waals surface area contributed by atoms with Crippen molar-refractivity contribution in [3.63, 3.8) is 0 Å². The lowest BCUT2D eigenvalue weighted by molar-refractivity contribution is 0.0600. The number of nitrogens with zero attached hydrogens (tertiary/aromatic N) is 3. The summed E-state index contributed by atoms with van der Waals surface area (Å²) in [6.07, 6.45) is 0. The van der Waals surface area contributed by atoms with Crippen molar-refractivity contribution in [3.8, 4) is 0 Å². The molecule has 0 N–H and O–H groups in total. The van der Waals surface area contributed by atoms with Crippen molar-refractivity contribution in [1.29, 1.82) is 0 Å². The number of ether oxygens (including phenoxy) is 1. The summed E-state index contributed by atoms with van der Waals surface area (Å²) in [4.78, 5) is 21.5. The van der Waals surface area contributed by atoms with Crippen LogP contribution in [0.1, 0.15) is 15.9 Å². The van der Waals surface area contributed by atoms with Gasteiger partial charge >= 0.3 is 5.97 Å². The molecule has 1 saturated heterocycles. The molecule has 1 heterocycles. The Morgan fingerprint density at radius 2 is 1.33 bits per heavy atom. The molecule has 5 nitrogen and oxygen atoms in total. The largest absolute Gasteiger partial charge is 0.465 e. The highest BCUT2D eigenvalue weighted by Gasteiger charge is 2.21. The summed E-state index contributed by atoms with van der Waals surface area (Å²) >= 11 is 0. The van der Waals surface area contributed by atoms with Crippen LogP contribution in [0.15, 0.2) is 89.9 Å². The summed E-state index contributed by atoms with van der Waals surface area (Å²) in [5, 5.41) is 0. The van der Waals surface area contributed by atoms with E-state index in [9.17, 15) is 4.79 Å². The monoisotopic (exact) mass is 399 g/mol. The number of esters is 1. The maximum absolute atomic E-state index is 11.8. The van der Waals surface area contributed by atoms with Gasteiger partial charge in [-0.05, 0) is 36.4 Å².